The summed E-state index contributed by atoms with van der Waals surface area (Å²) in [6, 6.07) is 0. The molecule has 1 aliphatic carbocycles. The largest absolute Gasteiger partial charge is 0.306 e. The molecule has 2 aromatic rings. The fourth-order valence-electron chi connectivity index (χ4n) is 3.94. The van der Waals surface area contributed by atoms with Gasteiger partial charge in [-0.25, -0.2) is 15.0 Å². The average molecular weight is 325 g/mol. The molecule has 0 saturated heterocycles. The van der Waals surface area contributed by atoms with E-state index >= 15 is 0 Å². The van der Waals surface area contributed by atoms with E-state index < -0.39 is 0 Å². The molecule has 0 bridgehead atoms. The lowest BCUT2D eigenvalue weighted by Crippen LogP contribution is -2.38. The zero-order chi connectivity index (χ0) is 16.4. The fraction of sp³-hybridized carbons (Fsp3) is 0.556. The van der Waals surface area contributed by atoms with Crippen molar-refractivity contribution in [1.82, 2.24) is 24.8 Å². The third kappa shape index (κ3) is 3.24. The minimum absolute atomic E-state index is 0.0174. The number of aromatic nitrogens is 4. The van der Waals surface area contributed by atoms with Crippen LogP contribution in [0.4, 0.5) is 0 Å². The molecule has 0 atom stereocenters. The molecule has 0 amide bonds. The second-order valence-electron chi connectivity index (χ2n) is 6.96. The molecule has 24 heavy (non-hydrogen) atoms. The summed E-state index contributed by atoms with van der Waals surface area (Å²) in [7, 11) is 0. The molecule has 1 saturated carbocycles. The van der Waals surface area contributed by atoms with Crippen LogP contribution in [0, 0.1) is 5.92 Å². The van der Waals surface area contributed by atoms with Crippen LogP contribution in [0.15, 0.2) is 23.5 Å². The lowest BCUT2D eigenvalue weighted by Gasteiger charge is -2.32. The third-order valence-electron chi connectivity index (χ3n) is 5.23. The highest BCUT2D eigenvalue weighted by Crippen LogP contribution is 2.26. The first-order valence-electron chi connectivity index (χ1n) is 8.89. The summed E-state index contributed by atoms with van der Waals surface area (Å²) in [5.74, 6) is 1.38. The van der Waals surface area contributed by atoms with Crippen molar-refractivity contribution in [3.8, 4) is 11.4 Å². The van der Waals surface area contributed by atoms with E-state index in [9.17, 15) is 4.79 Å². The van der Waals surface area contributed by atoms with Crippen LogP contribution in [0.25, 0.3) is 11.4 Å². The lowest BCUT2D eigenvalue weighted by atomic mass is 9.88. The van der Waals surface area contributed by atoms with Gasteiger partial charge in [0.25, 0.3) is 5.56 Å². The number of H-pyrrole nitrogens is 1. The summed E-state index contributed by atoms with van der Waals surface area (Å²) in [6.45, 7) is 2.87. The predicted octanol–water partition coefficient (Wildman–Crippen LogP) is 2.17. The smallest absolute Gasteiger partial charge is 0.254 e. The molecule has 1 aliphatic heterocycles. The van der Waals surface area contributed by atoms with E-state index in [0.717, 1.165) is 48.8 Å². The maximum atomic E-state index is 12.4. The van der Waals surface area contributed by atoms with Crippen molar-refractivity contribution < 1.29 is 0 Å². The van der Waals surface area contributed by atoms with Crippen LogP contribution in [0.3, 0.4) is 0 Å². The van der Waals surface area contributed by atoms with Gasteiger partial charge in [0.2, 0.25) is 0 Å². The Bertz CT molecular complexity index is 752. The zero-order valence-corrected chi connectivity index (χ0v) is 13.9. The fourth-order valence-corrected chi connectivity index (χ4v) is 3.94. The second kappa shape index (κ2) is 6.81. The van der Waals surface area contributed by atoms with E-state index in [1.165, 1.54) is 38.4 Å². The van der Waals surface area contributed by atoms with Crippen molar-refractivity contribution >= 4 is 0 Å². The van der Waals surface area contributed by atoms with Crippen LogP contribution in [-0.2, 0) is 13.0 Å². The average Bonchev–Trinajstić information content (AvgIpc) is 2.63. The maximum Gasteiger partial charge on any atom is 0.254 e. The number of nitrogens with one attached hydrogen (secondary N) is 1. The van der Waals surface area contributed by atoms with Crippen molar-refractivity contribution in [1.29, 1.82) is 0 Å². The lowest BCUT2D eigenvalue weighted by molar-refractivity contribution is 0.184. The van der Waals surface area contributed by atoms with Gasteiger partial charge in [0.1, 0.15) is 12.2 Å². The van der Waals surface area contributed by atoms with Crippen LogP contribution in [0.1, 0.15) is 43.4 Å². The molecule has 4 rings (SSSR count). The van der Waals surface area contributed by atoms with Crippen molar-refractivity contribution in [2.45, 2.75) is 45.1 Å². The van der Waals surface area contributed by atoms with Crippen LogP contribution in [0.5, 0.6) is 0 Å². The van der Waals surface area contributed by atoms with E-state index in [1.807, 2.05) is 0 Å². The topological polar surface area (TPSA) is 74.8 Å². The Morgan fingerprint density at radius 1 is 1.17 bits per heavy atom. The van der Waals surface area contributed by atoms with Crippen LogP contribution in [0.2, 0.25) is 0 Å². The molecular formula is C18H23N5O. The highest BCUT2D eigenvalue weighted by atomic mass is 16.1. The van der Waals surface area contributed by atoms with Gasteiger partial charge in [0, 0.05) is 37.6 Å². The third-order valence-corrected chi connectivity index (χ3v) is 5.23. The molecule has 0 radical (unpaired) electrons. The highest BCUT2D eigenvalue weighted by molar-refractivity contribution is 5.52. The second-order valence-corrected chi connectivity index (χ2v) is 6.96. The maximum absolute atomic E-state index is 12.4. The Balaban J connectivity index is 1.55. The Morgan fingerprint density at radius 2 is 1.96 bits per heavy atom. The number of fused-ring (bicyclic) bond motifs is 1. The Labute approximate surface area is 141 Å². The first-order chi connectivity index (χ1) is 11.8. The number of aromatic amines is 1. The summed E-state index contributed by atoms with van der Waals surface area (Å²) in [5.41, 5.74) is 2.49. The summed E-state index contributed by atoms with van der Waals surface area (Å²) < 4.78 is 0. The highest BCUT2D eigenvalue weighted by Gasteiger charge is 2.24. The minimum Gasteiger partial charge on any atom is -0.306 e. The normalized spacial score (nSPS) is 19.2. The summed E-state index contributed by atoms with van der Waals surface area (Å²) in [4.78, 5) is 30.5. The quantitative estimate of drug-likeness (QED) is 0.936. The molecule has 2 aliphatic rings. The summed E-state index contributed by atoms with van der Waals surface area (Å²) in [6.07, 6.45) is 12.4. The molecule has 6 heteroatoms. The minimum atomic E-state index is -0.0174. The number of hydrogen-bond donors (Lipinski definition) is 1. The van der Waals surface area contributed by atoms with E-state index in [1.54, 1.807) is 12.4 Å². The number of rotatable bonds is 3. The first-order valence-corrected chi connectivity index (χ1v) is 8.89. The van der Waals surface area contributed by atoms with Gasteiger partial charge in [-0.15, -0.1) is 0 Å². The molecular weight excluding hydrogens is 302 g/mol. The molecule has 1 fully saturated rings. The Hall–Kier alpha value is -2.08. The molecule has 6 nitrogen and oxygen atoms in total. The van der Waals surface area contributed by atoms with Gasteiger partial charge in [0.15, 0.2) is 0 Å². The summed E-state index contributed by atoms with van der Waals surface area (Å²) in [5, 5.41) is 0. The van der Waals surface area contributed by atoms with E-state index in [-0.39, 0.29) is 5.56 Å². The van der Waals surface area contributed by atoms with Gasteiger partial charge in [-0.2, -0.15) is 0 Å². The van der Waals surface area contributed by atoms with E-state index in [0.29, 0.717) is 5.82 Å². The molecule has 3 heterocycles. The molecule has 0 unspecified atom stereocenters. The molecule has 1 N–H and O–H groups in total. The van der Waals surface area contributed by atoms with Gasteiger partial charge in [-0.3, -0.25) is 9.69 Å². The Kier molecular flexibility index (Phi) is 4.38. The van der Waals surface area contributed by atoms with Crippen molar-refractivity contribution in [3.05, 3.63) is 40.3 Å². The van der Waals surface area contributed by atoms with Crippen molar-refractivity contribution in [3.63, 3.8) is 0 Å². The van der Waals surface area contributed by atoms with Crippen molar-refractivity contribution in [2.24, 2.45) is 5.92 Å². The predicted molar refractivity (Wildman–Crippen MR) is 91.4 cm³/mol. The van der Waals surface area contributed by atoms with Gasteiger partial charge >= 0.3 is 0 Å². The van der Waals surface area contributed by atoms with Gasteiger partial charge < -0.3 is 4.98 Å². The first kappa shape index (κ1) is 15.4. The SMILES string of the molecule is O=c1[nH]c(-c2cncnc2)nc2c1CCN(CC1CCCCC1)C2. The van der Waals surface area contributed by atoms with Crippen LogP contribution >= 0.6 is 0 Å². The van der Waals surface area contributed by atoms with Crippen LogP contribution in [-0.4, -0.2) is 37.9 Å². The molecule has 0 aromatic carbocycles. The van der Waals surface area contributed by atoms with E-state index in [2.05, 4.69) is 19.9 Å². The molecule has 2 aromatic heterocycles. The number of hydrogen-bond acceptors (Lipinski definition) is 5. The monoisotopic (exact) mass is 325 g/mol. The van der Waals surface area contributed by atoms with Gasteiger partial charge in [0.05, 0.1) is 11.3 Å². The van der Waals surface area contributed by atoms with Gasteiger partial charge in [-0.05, 0) is 25.2 Å². The van der Waals surface area contributed by atoms with Crippen molar-refractivity contribution in [2.75, 3.05) is 13.1 Å². The zero-order valence-electron chi connectivity index (χ0n) is 13.9. The number of nitrogens with zero attached hydrogens (tertiary/aromatic N) is 4. The Morgan fingerprint density at radius 3 is 2.75 bits per heavy atom. The summed E-state index contributed by atoms with van der Waals surface area (Å²) >= 11 is 0. The molecule has 0 spiro atoms. The van der Waals surface area contributed by atoms with Crippen LogP contribution < -0.4 is 5.56 Å². The van der Waals surface area contributed by atoms with Gasteiger partial charge in [-0.1, -0.05) is 19.3 Å². The van der Waals surface area contributed by atoms with E-state index in [4.69, 9.17) is 4.98 Å². The molecule has 126 valence electrons. The standard InChI is InChI=1S/C18H23N5O/c24-18-15-6-7-23(10-13-4-2-1-3-5-13)11-16(15)21-17(22-18)14-8-19-12-20-9-14/h8-9,12-13H,1-7,10-11H2,(H,21,22,24).